The van der Waals surface area contributed by atoms with E-state index in [4.69, 9.17) is 99.5 Å². The Hall–Kier alpha value is -2.80. The normalized spacial score (nSPS) is 29.6. The van der Waals surface area contributed by atoms with Gasteiger partial charge in [0.1, 0.15) is 34.9 Å². The van der Waals surface area contributed by atoms with Crippen molar-refractivity contribution in [1.82, 2.24) is 0 Å². The van der Waals surface area contributed by atoms with Crippen LogP contribution < -0.4 is 0 Å². The van der Waals surface area contributed by atoms with E-state index in [2.05, 4.69) is 0 Å². The molecule has 10 atom stereocenters. The van der Waals surface area contributed by atoms with Crippen molar-refractivity contribution < 1.29 is 119 Å². The van der Waals surface area contributed by atoms with Gasteiger partial charge in [-0.15, -0.1) is 0 Å². The lowest BCUT2D eigenvalue weighted by atomic mass is 9.92. The molecule has 0 aromatic rings. The predicted octanol–water partition coefficient (Wildman–Crippen LogP) is 8.28. The fourth-order valence-electron chi connectivity index (χ4n) is 11.4. The second kappa shape index (κ2) is 39.4. The van der Waals surface area contributed by atoms with Crippen LogP contribution in [0, 0.1) is 21.7 Å². The molecule has 8 fully saturated rings. The largest absolute Gasteiger partial charge is 0.461 e. The van der Waals surface area contributed by atoms with Crippen LogP contribution in [0.2, 0.25) is 0 Å². The number of rotatable bonds is 38. The van der Waals surface area contributed by atoms with Crippen molar-refractivity contribution in [1.29, 1.82) is 0 Å². The zero-order valence-corrected chi connectivity index (χ0v) is 55.1. The van der Waals surface area contributed by atoms with E-state index in [9.17, 15) is 19.2 Å². The third kappa shape index (κ3) is 25.6. The lowest BCUT2D eigenvalue weighted by molar-refractivity contribution is -0.222. The molecule has 0 saturated carbocycles. The van der Waals surface area contributed by atoms with Gasteiger partial charge in [0.15, 0.2) is 62.5 Å². The molecule has 0 spiro atoms. The van der Waals surface area contributed by atoms with E-state index in [0.29, 0.717) is 104 Å². The van der Waals surface area contributed by atoms with Crippen LogP contribution in [0.5, 0.6) is 0 Å². The van der Waals surface area contributed by atoms with Crippen LogP contribution >= 0.6 is 0 Å². The van der Waals surface area contributed by atoms with Gasteiger partial charge in [0.2, 0.25) is 0 Å². The first-order valence-corrected chi connectivity index (χ1v) is 34.4. The maximum atomic E-state index is 15.0. The van der Waals surface area contributed by atoms with Gasteiger partial charge in [-0.2, -0.15) is 0 Å². The second-order valence-electron chi connectivity index (χ2n) is 26.9. The summed E-state index contributed by atoms with van der Waals surface area (Å²) in [6.07, 6.45) is 12.8. The van der Waals surface area contributed by atoms with E-state index in [0.717, 1.165) is 103 Å². The summed E-state index contributed by atoms with van der Waals surface area (Å²) in [6.45, 7) is 8.19. The Kier molecular flexibility index (Phi) is 32.1. The van der Waals surface area contributed by atoms with Gasteiger partial charge in [-0.05, 0) is 182 Å². The van der Waals surface area contributed by atoms with Gasteiger partial charge >= 0.3 is 23.9 Å². The molecule has 0 amide bonds. The maximum Gasteiger partial charge on any atom is 0.317 e. The fourth-order valence-corrected chi connectivity index (χ4v) is 11.4. The number of hydrogen-bond donors (Lipinski definition) is 0. The number of esters is 4. The Morgan fingerprint density at radius 1 is 0.286 bits per heavy atom. The fraction of sp³-hybridized carbons (Fsp3) is 0.939. The van der Waals surface area contributed by atoms with Crippen LogP contribution in [-0.2, 0) is 119 Å². The molecule has 0 aromatic heterocycles. The summed E-state index contributed by atoms with van der Waals surface area (Å²) in [5.74, 6) is -2.86. The quantitative estimate of drug-likeness (QED) is 0.0416. The summed E-state index contributed by atoms with van der Waals surface area (Å²) in [6, 6.07) is 0. The minimum absolute atomic E-state index is 0.106. The second-order valence-corrected chi connectivity index (χ2v) is 26.9. The van der Waals surface area contributed by atoms with Crippen LogP contribution in [0.3, 0.4) is 0 Å². The molecule has 8 aliphatic rings. The van der Waals surface area contributed by atoms with Crippen LogP contribution in [0.15, 0.2) is 0 Å². The zero-order valence-electron chi connectivity index (χ0n) is 55.1. The third-order valence-electron chi connectivity index (χ3n) is 17.7. The van der Waals surface area contributed by atoms with E-state index >= 15 is 0 Å². The Morgan fingerprint density at radius 2 is 0.473 bits per heavy atom. The predicted molar refractivity (Wildman–Crippen MR) is 321 cm³/mol. The summed E-state index contributed by atoms with van der Waals surface area (Å²) in [7, 11) is 0. The molecule has 0 radical (unpaired) electrons. The molecule has 25 heteroatoms. The minimum atomic E-state index is -1.43. The monoisotopic (exact) mass is 1300 g/mol. The Bertz CT molecular complexity index is 1820. The number of ether oxygens (including phenoxy) is 21. The van der Waals surface area contributed by atoms with Crippen molar-refractivity contribution in [3.63, 3.8) is 0 Å². The van der Waals surface area contributed by atoms with E-state index in [1.807, 2.05) is 0 Å². The first-order valence-electron chi connectivity index (χ1n) is 34.4. The highest BCUT2D eigenvalue weighted by molar-refractivity contribution is 5.79. The number of hydrogen-bond acceptors (Lipinski definition) is 25. The van der Waals surface area contributed by atoms with Gasteiger partial charge in [-0.25, -0.2) is 0 Å². The van der Waals surface area contributed by atoms with Gasteiger partial charge in [0.05, 0.1) is 66.1 Å². The zero-order chi connectivity index (χ0) is 64.0. The van der Waals surface area contributed by atoms with Crippen molar-refractivity contribution in [2.45, 2.75) is 244 Å². The van der Waals surface area contributed by atoms with Gasteiger partial charge in [0.25, 0.3) is 0 Å². The van der Waals surface area contributed by atoms with Crippen LogP contribution in [0.25, 0.3) is 0 Å². The molecule has 25 nitrogen and oxygen atoms in total. The summed E-state index contributed by atoms with van der Waals surface area (Å²) < 4.78 is 129. The van der Waals surface area contributed by atoms with E-state index in [1.165, 1.54) is 0 Å². The van der Waals surface area contributed by atoms with Crippen LogP contribution in [0.1, 0.15) is 182 Å². The SMILES string of the molecule is CC(COC1CCCCO1)(COC1CCCCO1)C(=O)OCC(COCC(COC(=O)C(C)(COC1CCCCO1)COC1CCCCO1)OC(=O)C(C)(COC1CCCCO1)COC1CCCCO1)OC(=O)C(C)(COC1CCCCO1)COC1CCCCO1. The van der Waals surface area contributed by atoms with Crippen molar-refractivity contribution in [2.75, 3.05) is 132 Å². The molecule has 8 rings (SSSR count). The van der Waals surface area contributed by atoms with Crippen molar-refractivity contribution in [3.05, 3.63) is 0 Å². The highest BCUT2D eigenvalue weighted by atomic mass is 16.7. The first kappa shape index (κ1) is 74.0. The molecular formula is C66H110O25. The number of carbonyl (C=O) groups is 4. The molecule has 0 aliphatic carbocycles. The first-order chi connectivity index (χ1) is 44.2. The minimum Gasteiger partial charge on any atom is -0.461 e. The topological polar surface area (TPSA) is 262 Å². The molecule has 91 heavy (non-hydrogen) atoms. The third-order valence-corrected chi connectivity index (χ3v) is 17.7. The Labute approximate surface area is 538 Å². The lowest BCUT2D eigenvalue weighted by Gasteiger charge is -2.35. The number of carbonyl (C=O) groups excluding carboxylic acids is 4. The molecule has 0 aromatic carbocycles. The highest BCUT2D eigenvalue weighted by Crippen LogP contribution is 2.32. The molecule has 8 aliphatic heterocycles. The average molecular weight is 1300 g/mol. The van der Waals surface area contributed by atoms with Crippen molar-refractivity contribution in [3.8, 4) is 0 Å². The van der Waals surface area contributed by atoms with E-state index < -0.39 is 134 Å². The highest BCUT2D eigenvalue weighted by Gasteiger charge is 2.45. The summed E-state index contributed by atoms with van der Waals surface area (Å²) >= 11 is 0. The van der Waals surface area contributed by atoms with Gasteiger partial charge in [-0.3, -0.25) is 19.2 Å². The molecule has 10 unspecified atom stereocenters. The van der Waals surface area contributed by atoms with Crippen molar-refractivity contribution >= 4 is 23.9 Å². The molecule has 0 bridgehead atoms. The molecule has 0 N–H and O–H groups in total. The van der Waals surface area contributed by atoms with Gasteiger partial charge in [-0.1, -0.05) is 0 Å². The van der Waals surface area contributed by atoms with Gasteiger partial charge < -0.3 is 99.5 Å². The average Bonchev–Trinajstić information content (AvgIpc) is 2.07. The standard InChI is InChI=1S/C66H110O25/c1-63(41-82-51-21-5-13-29-72-51,42-83-52-22-6-14-30-73-52)59(67)80-39-49(90-61(69)65(3,45-86-55-25-9-17-33-76-55)46-87-56-26-10-18-34-77-56)37-71-38-50(91-62(70)66(4,47-88-57-27-11-19-35-78-57)48-89-58-28-12-20-36-79-58)40-81-60(68)64(2,43-84-53-23-7-15-31-74-53)44-85-54-24-8-16-32-75-54/h49-58H,5-48H2,1-4H3. The lowest BCUT2D eigenvalue weighted by Crippen LogP contribution is -2.47. The maximum absolute atomic E-state index is 15.0. The Balaban J connectivity index is 1.04. The summed E-state index contributed by atoms with van der Waals surface area (Å²) in [4.78, 5) is 59.3. The van der Waals surface area contributed by atoms with Crippen molar-refractivity contribution in [2.24, 2.45) is 21.7 Å². The summed E-state index contributed by atoms with van der Waals surface area (Å²) in [5.41, 5.74) is -5.61. The van der Waals surface area contributed by atoms with Crippen LogP contribution in [-0.4, -0.2) is 219 Å². The summed E-state index contributed by atoms with van der Waals surface area (Å²) in [5, 5.41) is 0. The van der Waals surface area contributed by atoms with Crippen LogP contribution in [0.4, 0.5) is 0 Å². The van der Waals surface area contributed by atoms with E-state index in [1.54, 1.807) is 27.7 Å². The van der Waals surface area contributed by atoms with Gasteiger partial charge in [0, 0.05) is 52.9 Å². The smallest absolute Gasteiger partial charge is 0.317 e. The van der Waals surface area contributed by atoms with E-state index in [-0.39, 0.29) is 52.9 Å². The molecule has 8 heterocycles. The molecular weight excluding hydrogens is 1190 g/mol. The Morgan fingerprint density at radius 3 is 0.648 bits per heavy atom. The molecule has 8 saturated heterocycles. The molecule has 524 valence electrons.